The van der Waals surface area contributed by atoms with Crippen LogP contribution < -0.4 is 0 Å². The van der Waals surface area contributed by atoms with E-state index in [1.165, 1.54) is 25.7 Å². The molecule has 3 heteroatoms. The van der Waals surface area contributed by atoms with Crippen LogP contribution in [0, 0.1) is 0 Å². The zero-order valence-electron chi connectivity index (χ0n) is 15.5. The molecule has 0 aliphatic rings. The smallest absolute Gasteiger partial charge is 0.303 e. The third kappa shape index (κ3) is 20.1. The Morgan fingerprint density at radius 3 is 2.28 bits per heavy atom. The molecule has 0 spiro atoms. The minimum Gasteiger partial charge on any atom is -0.481 e. The van der Waals surface area contributed by atoms with Gasteiger partial charge in [-0.1, -0.05) is 80.5 Å². The monoisotopic (exact) mass is 346 g/mol. The van der Waals surface area contributed by atoms with Crippen LogP contribution in [0.25, 0.3) is 0 Å². The lowest BCUT2D eigenvalue weighted by Gasteiger charge is -1.98. The lowest BCUT2D eigenvalue weighted by Crippen LogP contribution is -1.99. The summed E-state index contributed by atoms with van der Waals surface area (Å²) in [5, 5.41) is 18.2. The molecule has 0 aliphatic heterocycles. The number of aliphatic carboxylic acids is 1. The van der Waals surface area contributed by atoms with Gasteiger partial charge in [0.2, 0.25) is 0 Å². The SMILES string of the molecule is CCCCC/C=C/C/C=C/C/C=C/C=C/C(O)C/C=C/CCC(=O)O. The van der Waals surface area contributed by atoms with Gasteiger partial charge < -0.3 is 10.2 Å². The topological polar surface area (TPSA) is 57.5 Å². The van der Waals surface area contributed by atoms with E-state index in [0.717, 1.165) is 12.8 Å². The highest BCUT2D eigenvalue weighted by atomic mass is 16.4. The van der Waals surface area contributed by atoms with Crippen molar-refractivity contribution in [2.24, 2.45) is 0 Å². The minimum atomic E-state index is -0.799. The van der Waals surface area contributed by atoms with E-state index in [4.69, 9.17) is 5.11 Å². The Morgan fingerprint density at radius 2 is 1.56 bits per heavy atom. The van der Waals surface area contributed by atoms with E-state index in [9.17, 15) is 9.90 Å². The summed E-state index contributed by atoms with van der Waals surface area (Å²) in [7, 11) is 0. The standard InChI is InChI=1S/C22H34O3/c1-2-3-4-5-6-7-8-9-10-11-12-13-15-18-21(23)19-16-14-17-20-22(24)25/h6-7,9-10,12-16,18,21,23H,2-5,8,11,17,19-20H2,1H3,(H,24,25)/b7-6+,10-9+,13-12+,16-14+,18-15+. The van der Waals surface area contributed by atoms with Crippen LogP contribution in [0.2, 0.25) is 0 Å². The van der Waals surface area contributed by atoms with Crippen LogP contribution in [-0.2, 0) is 4.79 Å². The summed E-state index contributed by atoms with van der Waals surface area (Å²) in [5.74, 6) is -0.799. The van der Waals surface area contributed by atoms with E-state index in [0.29, 0.717) is 12.8 Å². The summed E-state index contributed by atoms with van der Waals surface area (Å²) in [6.07, 6.45) is 27.5. The fourth-order valence-electron chi connectivity index (χ4n) is 2.06. The molecule has 0 rings (SSSR count). The van der Waals surface area contributed by atoms with Crippen molar-refractivity contribution in [3.05, 3.63) is 60.8 Å². The number of allylic oxidation sites excluding steroid dienone is 8. The van der Waals surface area contributed by atoms with Crippen LogP contribution >= 0.6 is 0 Å². The first kappa shape index (κ1) is 23.1. The molecule has 0 aromatic heterocycles. The Kier molecular flexibility index (Phi) is 17.1. The van der Waals surface area contributed by atoms with Gasteiger partial charge in [-0.3, -0.25) is 4.79 Å². The van der Waals surface area contributed by atoms with Crippen LogP contribution in [0.15, 0.2) is 60.8 Å². The molecule has 0 heterocycles. The van der Waals surface area contributed by atoms with E-state index < -0.39 is 12.1 Å². The molecule has 0 aliphatic carbocycles. The maximum atomic E-state index is 10.3. The van der Waals surface area contributed by atoms with Gasteiger partial charge in [-0.25, -0.2) is 0 Å². The van der Waals surface area contributed by atoms with Crippen LogP contribution in [0.4, 0.5) is 0 Å². The molecular weight excluding hydrogens is 312 g/mol. The summed E-state index contributed by atoms with van der Waals surface area (Å²) in [5.41, 5.74) is 0. The van der Waals surface area contributed by atoms with Crippen molar-refractivity contribution in [2.75, 3.05) is 0 Å². The Labute approximate surface area is 153 Å². The average Bonchev–Trinajstić information content (AvgIpc) is 2.58. The first-order valence-corrected chi connectivity index (χ1v) is 9.35. The lowest BCUT2D eigenvalue weighted by atomic mass is 10.2. The Hall–Kier alpha value is -1.87. The molecule has 0 bridgehead atoms. The maximum absolute atomic E-state index is 10.3. The van der Waals surface area contributed by atoms with E-state index in [-0.39, 0.29) is 6.42 Å². The van der Waals surface area contributed by atoms with Crippen molar-refractivity contribution < 1.29 is 15.0 Å². The number of aliphatic hydroxyl groups excluding tert-OH is 1. The van der Waals surface area contributed by atoms with Gasteiger partial charge in [-0.05, 0) is 38.5 Å². The van der Waals surface area contributed by atoms with E-state index in [2.05, 4.69) is 31.2 Å². The lowest BCUT2D eigenvalue weighted by molar-refractivity contribution is -0.136. The van der Waals surface area contributed by atoms with Gasteiger partial charge in [-0.2, -0.15) is 0 Å². The molecule has 1 atom stereocenters. The number of aliphatic hydroxyl groups is 1. The normalized spacial score (nSPS) is 14.0. The highest BCUT2D eigenvalue weighted by Gasteiger charge is 1.95. The molecule has 0 aromatic rings. The van der Waals surface area contributed by atoms with Gasteiger partial charge >= 0.3 is 5.97 Å². The molecule has 0 fully saturated rings. The summed E-state index contributed by atoms with van der Waals surface area (Å²) in [4.78, 5) is 10.3. The number of hydrogen-bond acceptors (Lipinski definition) is 2. The summed E-state index contributed by atoms with van der Waals surface area (Å²) >= 11 is 0. The zero-order valence-corrected chi connectivity index (χ0v) is 15.5. The highest BCUT2D eigenvalue weighted by molar-refractivity contribution is 5.66. The molecule has 1 unspecified atom stereocenters. The van der Waals surface area contributed by atoms with Gasteiger partial charge in [0.05, 0.1) is 6.10 Å². The third-order valence-electron chi connectivity index (χ3n) is 3.50. The maximum Gasteiger partial charge on any atom is 0.303 e. The number of hydrogen-bond donors (Lipinski definition) is 2. The highest BCUT2D eigenvalue weighted by Crippen LogP contribution is 2.01. The number of unbranched alkanes of at least 4 members (excludes halogenated alkanes) is 3. The molecule has 25 heavy (non-hydrogen) atoms. The number of carboxylic acid groups (broad SMARTS) is 1. The van der Waals surface area contributed by atoms with E-state index >= 15 is 0 Å². The Morgan fingerprint density at radius 1 is 0.880 bits per heavy atom. The Bertz CT molecular complexity index is 456. The van der Waals surface area contributed by atoms with Gasteiger partial charge in [0, 0.05) is 6.42 Å². The van der Waals surface area contributed by atoms with Gasteiger partial charge in [0.25, 0.3) is 0 Å². The van der Waals surface area contributed by atoms with Crippen molar-refractivity contribution >= 4 is 5.97 Å². The van der Waals surface area contributed by atoms with Gasteiger partial charge in [0.1, 0.15) is 0 Å². The van der Waals surface area contributed by atoms with Crippen molar-refractivity contribution in [1.82, 2.24) is 0 Å². The van der Waals surface area contributed by atoms with E-state index in [1.807, 2.05) is 24.3 Å². The molecule has 0 radical (unpaired) electrons. The fourth-order valence-corrected chi connectivity index (χ4v) is 2.06. The second kappa shape index (κ2) is 18.5. The largest absolute Gasteiger partial charge is 0.481 e. The first-order valence-electron chi connectivity index (χ1n) is 9.35. The van der Waals surface area contributed by atoms with Crippen LogP contribution in [-0.4, -0.2) is 22.3 Å². The zero-order chi connectivity index (χ0) is 18.6. The van der Waals surface area contributed by atoms with Gasteiger partial charge in [-0.15, -0.1) is 0 Å². The van der Waals surface area contributed by atoms with Crippen LogP contribution in [0.3, 0.4) is 0 Å². The summed E-state index contributed by atoms with van der Waals surface area (Å²) in [6.45, 7) is 2.22. The molecule has 0 saturated heterocycles. The van der Waals surface area contributed by atoms with Crippen molar-refractivity contribution in [3.63, 3.8) is 0 Å². The predicted molar refractivity (Wildman–Crippen MR) is 107 cm³/mol. The Balaban J connectivity index is 3.66. The third-order valence-corrected chi connectivity index (χ3v) is 3.50. The second-order valence-electron chi connectivity index (χ2n) is 5.93. The van der Waals surface area contributed by atoms with Crippen molar-refractivity contribution in [1.29, 1.82) is 0 Å². The van der Waals surface area contributed by atoms with Crippen molar-refractivity contribution in [3.8, 4) is 0 Å². The summed E-state index contributed by atoms with van der Waals surface area (Å²) < 4.78 is 0. The van der Waals surface area contributed by atoms with Crippen molar-refractivity contribution in [2.45, 2.75) is 70.8 Å². The second-order valence-corrected chi connectivity index (χ2v) is 5.93. The van der Waals surface area contributed by atoms with Gasteiger partial charge in [0.15, 0.2) is 0 Å². The summed E-state index contributed by atoms with van der Waals surface area (Å²) in [6, 6.07) is 0. The molecule has 0 aromatic carbocycles. The minimum absolute atomic E-state index is 0.132. The fraction of sp³-hybridized carbons (Fsp3) is 0.500. The van der Waals surface area contributed by atoms with E-state index in [1.54, 1.807) is 12.2 Å². The molecule has 140 valence electrons. The molecule has 0 amide bonds. The molecule has 0 saturated carbocycles. The van der Waals surface area contributed by atoms with Crippen LogP contribution in [0.1, 0.15) is 64.7 Å². The first-order chi connectivity index (χ1) is 12.2. The predicted octanol–water partition coefficient (Wildman–Crippen LogP) is 5.74. The quantitative estimate of drug-likeness (QED) is 0.226. The average molecular weight is 347 g/mol. The molecule has 3 nitrogen and oxygen atoms in total. The molecular formula is C22H34O3. The van der Waals surface area contributed by atoms with Crippen LogP contribution in [0.5, 0.6) is 0 Å². The number of rotatable bonds is 15. The number of carboxylic acids is 1. The molecule has 2 N–H and O–H groups in total. The number of carbonyl (C=O) groups is 1.